The van der Waals surface area contributed by atoms with Gasteiger partial charge in [0.1, 0.15) is 0 Å². The Hall–Kier alpha value is -0.517. The van der Waals surface area contributed by atoms with Gasteiger partial charge in [0.25, 0.3) is 0 Å². The summed E-state index contributed by atoms with van der Waals surface area (Å²) in [5.74, 6) is -1.81. The molecule has 0 aromatic rings. The zero-order valence-corrected chi connectivity index (χ0v) is 29.9. The molecule has 0 aliphatic carbocycles. The zero-order chi connectivity index (χ0) is 29.8. The van der Waals surface area contributed by atoms with E-state index in [1.807, 2.05) is 0 Å². The molecule has 5 heteroatoms. The van der Waals surface area contributed by atoms with Crippen molar-refractivity contribution in [3.8, 4) is 0 Å². The SMILES string of the molecule is CCCCCCCCCCCCCCCCCC(=O)[O-].CCCCCCCCCCCCCCCCCC(=O)[O-].[Ge]. The monoisotopic (exact) mass is 640 g/mol. The molecule has 0 fully saturated rings. The summed E-state index contributed by atoms with van der Waals surface area (Å²) in [6, 6.07) is 0. The fraction of sp³-hybridized carbons (Fsp3) is 0.944. The van der Waals surface area contributed by atoms with E-state index in [0.29, 0.717) is 0 Å². The van der Waals surface area contributed by atoms with Gasteiger partial charge in [0.05, 0.1) is 0 Å². The Labute approximate surface area is 268 Å². The average Bonchev–Trinajstić information content (AvgIpc) is 2.93. The van der Waals surface area contributed by atoms with Crippen LogP contribution in [-0.4, -0.2) is 29.5 Å². The minimum Gasteiger partial charge on any atom is -0.550 e. The number of rotatable bonds is 32. The molecule has 4 radical (unpaired) electrons. The molecule has 41 heavy (non-hydrogen) atoms. The summed E-state index contributed by atoms with van der Waals surface area (Å²) in [4.78, 5) is 20.4. The van der Waals surface area contributed by atoms with Crippen molar-refractivity contribution in [2.75, 3.05) is 0 Å². The third-order valence-electron chi connectivity index (χ3n) is 7.97. The molecule has 4 nitrogen and oxygen atoms in total. The molecule has 0 N–H and O–H groups in total. The normalized spacial score (nSPS) is 10.6. The van der Waals surface area contributed by atoms with E-state index in [-0.39, 0.29) is 30.4 Å². The van der Waals surface area contributed by atoms with Crippen LogP contribution in [-0.2, 0) is 9.59 Å². The maximum absolute atomic E-state index is 10.2. The van der Waals surface area contributed by atoms with E-state index in [1.54, 1.807) is 0 Å². The van der Waals surface area contributed by atoms with Gasteiger partial charge in [-0.05, 0) is 25.7 Å². The van der Waals surface area contributed by atoms with E-state index < -0.39 is 11.9 Å². The van der Waals surface area contributed by atoms with Gasteiger partial charge in [-0.25, -0.2) is 0 Å². The third kappa shape index (κ3) is 49.5. The quantitative estimate of drug-likeness (QED) is 0.0542. The number of carboxylic acids is 2. The second kappa shape index (κ2) is 41.6. The number of unbranched alkanes of at least 4 members (excludes halogenated alkanes) is 28. The predicted octanol–water partition coefficient (Wildman–Crippen LogP) is 9.61. The molecule has 244 valence electrons. The number of carbonyl (C=O) groups is 2. The third-order valence-corrected chi connectivity index (χ3v) is 7.97. The van der Waals surface area contributed by atoms with Crippen LogP contribution in [0.4, 0.5) is 0 Å². The Morgan fingerprint density at radius 2 is 0.463 bits per heavy atom. The molecule has 0 unspecified atom stereocenters. The fourth-order valence-electron chi connectivity index (χ4n) is 5.28. The number of carbonyl (C=O) groups excluding carboxylic acids is 2. The molecule has 0 aromatic heterocycles. The van der Waals surface area contributed by atoms with E-state index in [4.69, 9.17) is 0 Å². The van der Waals surface area contributed by atoms with Crippen LogP contribution in [0, 0.1) is 0 Å². The van der Waals surface area contributed by atoms with Crippen LogP contribution in [0.1, 0.15) is 219 Å². The van der Waals surface area contributed by atoms with Crippen LogP contribution in [0.3, 0.4) is 0 Å². The molecule has 0 heterocycles. The molecule has 0 aromatic carbocycles. The summed E-state index contributed by atoms with van der Waals surface area (Å²) in [5.41, 5.74) is 0. The summed E-state index contributed by atoms with van der Waals surface area (Å²) in [7, 11) is 0. The van der Waals surface area contributed by atoms with Gasteiger partial charge in [0, 0.05) is 29.5 Å². The maximum atomic E-state index is 10.2. The van der Waals surface area contributed by atoms with Crippen molar-refractivity contribution in [2.45, 2.75) is 219 Å². The van der Waals surface area contributed by atoms with Crippen LogP contribution in [0.2, 0.25) is 0 Å². The molecule has 0 bridgehead atoms. The summed E-state index contributed by atoms with van der Waals surface area (Å²) in [6.45, 7) is 4.53. The van der Waals surface area contributed by atoms with Crippen molar-refractivity contribution in [3.63, 3.8) is 0 Å². The molecule has 0 saturated carbocycles. The van der Waals surface area contributed by atoms with E-state index >= 15 is 0 Å². The average molecular weight is 640 g/mol. The Bertz CT molecular complexity index is 454. The summed E-state index contributed by atoms with van der Waals surface area (Å²) in [6.07, 6.45) is 39.7. The van der Waals surface area contributed by atoms with Crippen LogP contribution < -0.4 is 10.2 Å². The number of hydrogen-bond acceptors (Lipinski definition) is 4. The van der Waals surface area contributed by atoms with Gasteiger partial charge in [0.15, 0.2) is 0 Å². The van der Waals surface area contributed by atoms with Crippen molar-refractivity contribution in [2.24, 2.45) is 0 Å². The van der Waals surface area contributed by atoms with Gasteiger partial charge in [-0.2, -0.15) is 0 Å². The maximum Gasteiger partial charge on any atom is 0.0414 e. The van der Waals surface area contributed by atoms with Crippen molar-refractivity contribution in [3.05, 3.63) is 0 Å². The smallest absolute Gasteiger partial charge is 0.0414 e. The molecule has 0 aliphatic heterocycles. The second-order valence-electron chi connectivity index (χ2n) is 12.1. The summed E-state index contributed by atoms with van der Waals surface area (Å²) >= 11 is 0. The Morgan fingerprint density at radius 1 is 0.317 bits per heavy atom. The molecule has 0 spiro atoms. The Kier molecular flexibility index (Phi) is 45.6. The molecule has 0 saturated heterocycles. The fourth-order valence-corrected chi connectivity index (χ4v) is 5.28. The van der Waals surface area contributed by atoms with Gasteiger partial charge in [-0.1, -0.05) is 194 Å². The van der Waals surface area contributed by atoms with Gasteiger partial charge < -0.3 is 19.8 Å². The van der Waals surface area contributed by atoms with E-state index in [0.717, 1.165) is 25.7 Å². The van der Waals surface area contributed by atoms with Crippen molar-refractivity contribution in [1.82, 2.24) is 0 Å². The molecular formula is C36H70GeO4-2. The molecule has 0 atom stereocenters. The van der Waals surface area contributed by atoms with Crippen molar-refractivity contribution in [1.29, 1.82) is 0 Å². The first kappa shape index (κ1) is 44.9. The second-order valence-corrected chi connectivity index (χ2v) is 12.1. The number of carboxylic acid groups (broad SMARTS) is 2. The topological polar surface area (TPSA) is 80.3 Å². The van der Waals surface area contributed by atoms with E-state index in [1.165, 1.54) is 167 Å². The van der Waals surface area contributed by atoms with E-state index in [2.05, 4.69) is 13.8 Å². The van der Waals surface area contributed by atoms with Crippen LogP contribution in [0.25, 0.3) is 0 Å². The predicted molar refractivity (Wildman–Crippen MR) is 175 cm³/mol. The molecule has 0 rings (SSSR count). The number of hydrogen-bond donors (Lipinski definition) is 0. The Balaban J connectivity index is -0.000000688. The molecular weight excluding hydrogens is 569 g/mol. The largest absolute Gasteiger partial charge is 0.550 e. The standard InChI is InChI=1S/2C18H36O2.Ge/c2*1-2-3-4-5-6-7-8-9-10-11-12-13-14-15-16-17-18(19)20;/h2*2-17H2,1H3,(H,19,20);/p-2. The molecule has 0 aliphatic rings. The minimum absolute atomic E-state index is 0. The molecule has 0 amide bonds. The summed E-state index contributed by atoms with van der Waals surface area (Å²) < 4.78 is 0. The van der Waals surface area contributed by atoms with Crippen LogP contribution in [0.5, 0.6) is 0 Å². The first-order chi connectivity index (χ1) is 19.5. The first-order valence-electron chi connectivity index (χ1n) is 17.9. The van der Waals surface area contributed by atoms with Crippen LogP contribution in [0.15, 0.2) is 0 Å². The van der Waals surface area contributed by atoms with Gasteiger partial charge in [-0.3, -0.25) is 0 Å². The van der Waals surface area contributed by atoms with E-state index in [9.17, 15) is 19.8 Å². The van der Waals surface area contributed by atoms with Gasteiger partial charge >= 0.3 is 0 Å². The van der Waals surface area contributed by atoms with Gasteiger partial charge in [-0.15, -0.1) is 0 Å². The minimum atomic E-state index is -0.903. The summed E-state index contributed by atoms with van der Waals surface area (Å²) in [5, 5.41) is 20.4. The Morgan fingerprint density at radius 3 is 0.610 bits per heavy atom. The zero-order valence-electron chi connectivity index (χ0n) is 27.8. The van der Waals surface area contributed by atoms with Crippen LogP contribution >= 0.6 is 0 Å². The van der Waals surface area contributed by atoms with Gasteiger partial charge in [0.2, 0.25) is 0 Å². The van der Waals surface area contributed by atoms with Crippen molar-refractivity contribution >= 4 is 29.5 Å². The first-order valence-corrected chi connectivity index (χ1v) is 17.9. The van der Waals surface area contributed by atoms with Crippen molar-refractivity contribution < 1.29 is 19.8 Å². The number of aliphatic carboxylic acids is 2.